The lowest BCUT2D eigenvalue weighted by molar-refractivity contribution is 0.732. The van der Waals surface area contributed by atoms with Gasteiger partial charge < -0.3 is 5.32 Å². The fourth-order valence-electron chi connectivity index (χ4n) is 1.01. The molecule has 72 valence electrons. The topological polar surface area (TPSA) is 12.0 Å². The first-order valence-electron chi connectivity index (χ1n) is 4.27. The maximum atomic E-state index is 3.41. The molecule has 0 saturated carbocycles. The van der Waals surface area contributed by atoms with Crippen LogP contribution in [-0.4, -0.2) is 18.6 Å². The van der Waals surface area contributed by atoms with Gasteiger partial charge in [0.2, 0.25) is 0 Å². The van der Waals surface area contributed by atoms with Crippen molar-refractivity contribution in [3.05, 3.63) is 34.3 Å². The minimum Gasteiger partial charge on any atom is -0.312 e. The summed E-state index contributed by atoms with van der Waals surface area (Å²) in [5.41, 5.74) is 1.34. The van der Waals surface area contributed by atoms with Crippen molar-refractivity contribution in [3.63, 3.8) is 0 Å². The van der Waals surface area contributed by atoms with Crippen molar-refractivity contribution in [2.24, 2.45) is 0 Å². The summed E-state index contributed by atoms with van der Waals surface area (Å²) in [6.07, 6.45) is 2.13. The lowest BCUT2D eigenvalue weighted by Gasteiger charge is -2.03. The van der Waals surface area contributed by atoms with Gasteiger partial charge in [0.25, 0.3) is 0 Å². The highest BCUT2D eigenvalue weighted by molar-refractivity contribution is 9.10. The highest BCUT2D eigenvalue weighted by atomic mass is 79.9. The van der Waals surface area contributed by atoms with Crippen LogP contribution in [0.1, 0.15) is 5.56 Å². The van der Waals surface area contributed by atoms with Crippen LogP contribution < -0.4 is 5.32 Å². The van der Waals surface area contributed by atoms with E-state index in [1.165, 1.54) is 11.3 Å². The zero-order valence-corrected chi connectivity index (χ0v) is 10.1. The van der Waals surface area contributed by atoms with Gasteiger partial charge >= 0.3 is 0 Å². The first kappa shape index (κ1) is 11.1. The normalized spacial score (nSPS) is 10.3. The molecule has 1 N–H and O–H groups in total. The SMILES string of the molecule is CSCCNCc1ccc(Br)cc1. The third-order valence-corrected chi connectivity index (χ3v) is 2.87. The molecular weight excluding hydrogens is 246 g/mol. The molecule has 0 unspecified atom stereocenters. The van der Waals surface area contributed by atoms with Crippen LogP contribution in [0.4, 0.5) is 0 Å². The molecular formula is C10H14BrNS. The summed E-state index contributed by atoms with van der Waals surface area (Å²) in [6.45, 7) is 2.05. The quantitative estimate of drug-likeness (QED) is 0.817. The molecule has 1 rings (SSSR count). The molecule has 0 aromatic heterocycles. The van der Waals surface area contributed by atoms with E-state index in [-0.39, 0.29) is 0 Å². The molecule has 0 aliphatic rings. The van der Waals surface area contributed by atoms with E-state index in [4.69, 9.17) is 0 Å². The Labute approximate surface area is 92.4 Å². The maximum absolute atomic E-state index is 3.41. The Morgan fingerprint density at radius 3 is 2.62 bits per heavy atom. The molecule has 0 spiro atoms. The zero-order valence-electron chi connectivity index (χ0n) is 7.72. The van der Waals surface area contributed by atoms with Crippen LogP contribution in [0.25, 0.3) is 0 Å². The van der Waals surface area contributed by atoms with E-state index in [0.29, 0.717) is 0 Å². The third kappa shape index (κ3) is 4.69. The molecule has 0 radical (unpaired) electrons. The van der Waals surface area contributed by atoms with Crippen molar-refractivity contribution in [1.82, 2.24) is 5.32 Å². The second-order valence-electron chi connectivity index (χ2n) is 2.80. The average Bonchev–Trinajstić information content (AvgIpc) is 2.15. The summed E-state index contributed by atoms with van der Waals surface area (Å²) in [5.74, 6) is 1.18. The van der Waals surface area contributed by atoms with Gasteiger partial charge in [-0.1, -0.05) is 28.1 Å². The van der Waals surface area contributed by atoms with Gasteiger partial charge in [-0.25, -0.2) is 0 Å². The Bertz CT molecular complexity index is 235. The summed E-state index contributed by atoms with van der Waals surface area (Å²) in [5, 5.41) is 3.39. The van der Waals surface area contributed by atoms with Gasteiger partial charge in [-0.2, -0.15) is 11.8 Å². The molecule has 0 bridgehead atoms. The first-order valence-corrected chi connectivity index (χ1v) is 6.45. The molecule has 0 atom stereocenters. The Kier molecular flexibility index (Phi) is 5.51. The van der Waals surface area contributed by atoms with E-state index in [2.05, 4.69) is 51.8 Å². The lowest BCUT2D eigenvalue weighted by Crippen LogP contribution is -2.16. The maximum Gasteiger partial charge on any atom is 0.0205 e. The van der Waals surface area contributed by atoms with Gasteiger partial charge in [0.1, 0.15) is 0 Å². The number of thioether (sulfide) groups is 1. The zero-order chi connectivity index (χ0) is 9.52. The smallest absolute Gasteiger partial charge is 0.0205 e. The van der Waals surface area contributed by atoms with Gasteiger partial charge in [0.05, 0.1) is 0 Å². The molecule has 0 aliphatic heterocycles. The second-order valence-corrected chi connectivity index (χ2v) is 4.70. The molecule has 1 aromatic rings. The Morgan fingerprint density at radius 1 is 1.31 bits per heavy atom. The van der Waals surface area contributed by atoms with Crippen molar-refractivity contribution < 1.29 is 0 Å². The summed E-state index contributed by atoms with van der Waals surface area (Å²) >= 11 is 5.28. The summed E-state index contributed by atoms with van der Waals surface area (Å²) in [4.78, 5) is 0. The summed E-state index contributed by atoms with van der Waals surface area (Å²) < 4.78 is 1.14. The molecule has 1 nitrogen and oxygen atoms in total. The molecule has 0 saturated heterocycles. The summed E-state index contributed by atoms with van der Waals surface area (Å²) in [7, 11) is 0. The third-order valence-electron chi connectivity index (χ3n) is 1.73. The van der Waals surface area contributed by atoms with Crippen LogP contribution in [0.3, 0.4) is 0 Å². The van der Waals surface area contributed by atoms with Crippen molar-refractivity contribution in [2.45, 2.75) is 6.54 Å². The molecule has 13 heavy (non-hydrogen) atoms. The number of benzene rings is 1. The van der Waals surface area contributed by atoms with Gasteiger partial charge in [-0.05, 0) is 24.0 Å². The highest BCUT2D eigenvalue weighted by Crippen LogP contribution is 2.10. The molecule has 0 fully saturated rings. The number of nitrogens with one attached hydrogen (secondary N) is 1. The number of hydrogen-bond donors (Lipinski definition) is 1. The van der Waals surface area contributed by atoms with Crippen molar-refractivity contribution in [2.75, 3.05) is 18.6 Å². The molecule has 0 amide bonds. The van der Waals surface area contributed by atoms with E-state index in [0.717, 1.165) is 17.6 Å². The Balaban J connectivity index is 2.25. The van der Waals surface area contributed by atoms with Crippen LogP contribution >= 0.6 is 27.7 Å². The minimum absolute atomic E-state index is 0.966. The van der Waals surface area contributed by atoms with Crippen LogP contribution in [0.2, 0.25) is 0 Å². The highest BCUT2D eigenvalue weighted by Gasteiger charge is 1.91. The number of halogens is 1. The molecule has 0 heterocycles. The van der Waals surface area contributed by atoms with Crippen molar-refractivity contribution in [3.8, 4) is 0 Å². The van der Waals surface area contributed by atoms with Crippen LogP contribution in [0, 0.1) is 0 Å². The van der Waals surface area contributed by atoms with Gasteiger partial charge in [0, 0.05) is 23.3 Å². The predicted molar refractivity (Wildman–Crippen MR) is 64.2 cm³/mol. The van der Waals surface area contributed by atoms with E-state index in [1.807, 2.05) is 11.8 Å². The largest absolute Gasteiger partial charge is 0.312 e. The van der Waals surface area contributed by atoms with Gasteiger partial charge in [0.15, 0.2) is 0 Å². The van der Waals surface area contributed by atoms with Gasteiger partial charge in [-0.3, -0.25) is 0 Å². The molecule has 0 aliphatic carbocycles. The predicted octanol–water partition coefficient (Wildman–Crippen LogP) is 2.90. The van der Waals surface area contributed by atoms with Crippen molar-refractivity contribution >= 4 is 27.7 Å². The molecule has 1 aromatic carbocycles. The van der Waals surface area contributed by atoms with Gasteiger partial charge in [-0.15, -0.1) is 0 Å². The van der Waals surface area contributed by atoms with Crippen LogP contribution in [0.5, 0.6) is 0 Å². The second kappa shape index (κ2) is 6.46. The average molecular weight is 260 g/mol. The fourth-order valence-corrected chi connectivity index (χ4v) is 1.62. The minimum atomic E-state index is 0.966. The Hall–Kier alpha value is 0.01000. The van der Waals surface area contributed by atoms with E-state index < -0.39 is 0 Å². The monoisotopic (exact) mass is 259 g/mol. The van der Waals surface area contributed by atoms with E-state index >= 15 is 0 Å². The fraction of sp³-hybridized carbons (Fsp3) is 0.400. The summed E-state index contributed by atoms with van der Waals surface area (Å²) in [6, 6.07) is 8.42. The first-order chi connectivity index (χ1) is 6.33. The van der Waals surface area contributed by atoms with Crippen LogP contribution in [-0.2, 0) is 6.54 Å². The van der Waals surface area contributed by atoms with E-state index in [1.54, 1.807) is 0 Å². The van der Waals surface area contributed by atoms with Crippen molar-refractivity contribution in [1.29, 1.82) is 0 Å². The molecule has 3 heteroatoms. The Morgan fingerprint density at radius 2 is 2.00 bits per heavy atom. The standard InChI is InChI=1S/C10H14BrNS/c1-13-7-6-12-8-9-2-4-10(11)5-3-9/h2-5,12H,6-8H2,1H3. The number of rotatable bonds is 5. The lowest BCUT2D eigenvalue weighted by atomic mass is 10.2. The number of hydrogen-bond acceptors (Lipinski definition) is 2. The van der Waals surface area contributed by atoms with E-state index in [9.17, 15) is 0 Å². The van der Waals surface area contributed by atoms with Crippen LogP contribution in [0.15, 0.2) is 28.7 Å².